The van der Waals surface area contributed by atoms with Gasteiger partial charge < -0.3 is 35.1 Å². The zero-order chi connectivity index (χ0) is 41.1. The van der Waals surface area contributed by atoms with Gasteiger partial charge in [-0.05, 0) is 70.4 Å². The maximum absolute atomic E-state index is 14.7. The summed E-state index contributed by atoms with van der Waals surface area (Å²) in [6, 6.07) is 5.39. The van der Waals surface area contributed by atoms with Gasteiger partial charge in [-0.3, -0.25) is 19.2 Å². The number of carbonyl (C=O) groups excluding carboxylic acids is 4. The number of carbonyl (C=O) groups is 4. The quantitative estimate of drug-likeness (QED) is 0.109. The van der Waals surface area contributed by atoms with E-state index < -0.39 is 53.0 Å². The standard InChI is InChI=1S/C41H55N7O8S/c1-9-24-20-41(24,37(51)47-54-10-2)46-35(49)32-18-27(21-48(32)36(50)34(40(5,6)7)45-39(52)56-25-13-11-12-14-25)55-33-19-30(31-22-57-38(44-31)42-23(3)4)43-29-17-26(53-8)15-16-28(29)33/h9,15-17,19,22-25,27,32,34H,1,10-14,18,20-21H2,2-8H3,(H,42,44)(H,45,52)(H,46,49)(H,47,51)/t24-,27-,32+,34-,41-/m1/s1. The van der Waals surface area contributed by atoms with E-state index in [0.29, 0.717) is 40.2 Å². The highest BCUT2D eigenvalue weighted by Gasteiger charge is 2.61. The highest BCUT2D eigenvalue weighted by atomic mass is 32.1. The van der Waals surface area contributed by atoms with E-state index in [-0.39, 0.29) is 37.6 Å². The van der Waals surface area contributed by atoms with Gasteiger partial charge in [0.15, 0.2) is 5.13 Å². The van der Waals surface area contributed by atoms with Gasteiger partial charge >= 0.3 is 6.09 Å². The van der Waals surface area contributed by atoms with Crippen LogP contribution in [0.2, 0.25) is 0 Å². The summed E-state index contributed by atoms with van der Waals surface area (Å²) in [4.78, 5) is 71.9. The van der Waals surface area contributed by atoms with Gasteiger partial charge in [0.2, 0.25) is 11.8 Å². The minimum Gasteiger partial charge on any atom is -0.497 e. The number of pyridine rings is 1. The van der Waals surface area contributed by atoms with Crippen LogP contribution in [-0.4, -0.2) is 94.8 Å². The first kappa shape index (κ1) is 41.7. The number of likely N-dealkylation sites (tertiary alicyclic amines) is 1. The van der Waals surface area contributed by atoms with Crippen LogP contribution < -0.4 is 30.9 Å². The molecule has 0 spiro atoms. The summed E-state index contributed by atoms with van der Waals surface area (Å²) >= 11 is 1.47. The van der Waals surface area contributed by atoms with Crippen molar-refractivity contribution >= 4 is 51.2 Å². The smallest absolute Gasteiger partial charge is 0.408 e. The van der Waals surface area contributed by atoms with E-state index in [4.69, 9.17) is 29.0 Å². The second-order valence-electron chi connectivity index (χ2n) is 16.3. The maximum Gasteiger partial charge on any atom is 0.408 e. The molecule has 308 valence electrons. The lowest BCUT2D eigenvalue weighted by molar-refractivity contribution is -0.144. The first-order valence-corrected chi connectivity index (χ1v) is 20.6. The lowest BCUT2D eigenvalue weighted by Gasteiger charge is -2.35. The molecule has 4 amide bonds. The van der Waals surface area contributed by atoms with Crippen LogP contribution in [0.4, 0.5) is 9.93 Å². The van der Waals surface area contributed by atoms with E-state index in [1.807, 2.05) is 64.3 Å². The number of fused-ring (bicyclic) bond motifs is 1. The second-order valence-corrected chi connectivity index (χ2v) is 17.2. The summed E-state index contributed by atoms with van der Waals surface area (Å²) in [6.45, 7) is 15.4. The molecule has 3 fully saturated rings. The monoisotopic (exact) mass is 805 g/mol. The first-order valence-electron chi connectivity index (χ1n) is 19.7. The number of nitrogens with one attached hydrogen (secondary N) is 4. The van der Waals surface area contributed by atoms with E-state index in [9.17, 15) is 19.2 Å². The Bertz CT molecular complexity index is 1980. The summed E-state index contributed by atoms with van der Waals surface area (Å²) in [5, 5.41) is 12.5. The van der Waals surface area contributed by atoms with Crippen LogP contribution in [0.5, 0.6) is 11.5 Å². The van der Waals surface area contributed by atoms with E-state index in [1.165, 1.54) is 16.2 Å². The van der Waals surface area contributed by atoms with Crippen LogP contribution >= 0.6 is 11.3 Å². The number of benzene rings is 1. The number of thiazole rings is 1. The third-order valence-electron chi connectivity index (χ3n) is 10.6. The number of amides is 4. The molecular weight excluding hydrogens is 751 g/mol. The summed E-state index contributed by atoms with van der Waals surface area (Å²) in [6.07, 6.45) is 3.98. The highest BCUT2D eigenvalue weighted by Crippen LogP contribution is 2.45. The fourth-order valence-electron chi connectivity index (χ4n) is 7.48. The largest absolute Gasteiger partial charge is 0.497 e. The van der Waals surface area contributed by atoms with E-state index in [0.717, 1.165) is 30.8 Å². The van der Waals surface area contributed by atoms with Gasteiger partial charge in [-0.25, -0.2) is 20.2 Å². The molecule has 0 unspecified atom stereocenters. The minimum absolute atomic E-state index is 0.0142. The van der Waals surface area contributed by atoms with E-state index >= 15 is 0 Å². The van der Waals surface area contributed by atoms with Crippen molar-refractivity contribution in [3.05, 3.63) is 42.3 Å². The number of hydrogen-bond acceptors (Lipinski definition) is 12. The van der Waals surface area contributed by atoms with Crippen molar-refractivity contribution in [2.24, 2.45) is 11.3 Å². The van der Waals surface area contributed by atoms with Crippen molar-refractivity contribution in [1.29, 1.82) is 0 Å². The molecule has 1 aromatic carbocycles. The third kappa shape index (κ3) is 9.44. The van der Waals surface area contributed by atoms with Crippen molar-refractivity contribution in [2.75, 3.05) is 25.6 Å². The number of rotatable bonds is 15. The van der Waals surface area contributed by atoms with Gasteiger partial charge in [0.25, 0.3) is 5.91 Å². The predicted molar refractivity (Wildman–Crippen MR) is 217 cm³/mol. The Hall–Kier alpha value is -4.96. The Balaban J connectivity index is 1.33. The van der Waals surface area contributed by atoms with Crippen molar-refractivity contribution in [3.63, 3.8) is 0 Å². The second kappa shape index (κ2) is 17.3. The lowest BCUT2D eigenvalue weighted by Crippen LogP contribution is -2.60. The van der Waals surface area contributed by atoms with Gasteiger partial charge in [0.1, 0.15) is 47.0 Å². The molecule has 16 heteroatoms. The van der Waals surface area contributed by atoms with E-state index in [1.54, 1.807) is 20.1 Å². The Morgan fingerprint density at radius 2 is 1.84 bits per heavy atom. The molecule has 1 aliphatic heterocycles. The molecule has 1 saturated heterocycles. The van der Waals surface area contributed by atoms with Gasteiger partial charge in [0.05, 0.1) is 31.5 Å². The molecule has 3 aliphatic rings. The number of ether oxygens (including phenoxy) is 3. The predicted octanol–water partition coefficient (Wildman–Crippen LogP) is 5.75. The number of anilines is 1. The third-order valence-corrected chi connectivity index (χ3v) is 11.4. The van der Waals surface area contributed by atoms with Crippen LogP contribution in [0.15, 0.2) is 42.3 Å². The molecular formula is C41H55N7O8S. The molecule has 3 heterocycles. The SMILES string of the molecule is C=C[C@@H]1C[C@]1(NC(=O)[C@@H]1C[C@@H](Oc2cc(-c3csc(NC(C)C)n3)nc3cc(OC)ccc23)CN1C(=O)[C@@H](NC(=O)OC1CCCC1)C(C)(C)C)C(=O)NOCC. The molecule has 2 saturated carbocycles. The highest BCUT2D eigenvalue weighted by molar-refractivity contribution is 7.14. The molecule has 2 aliphatic carbocycles. The normalized spacial score (nSPS) is 22.5. The number of hydrogen-bond donors (Lipinski definition) is 4. The first-order chi connectivity index (χ1) is 27.1. The van der Waals surface area contributed by atoms with Crippen LogP contribution in [0.1, 0.15) is 80.1 Å². The molecule has 15 nitrogen and oxygen atoms in total. The van der Waals surface area contributed by atoms with Crippen LogP contribution in [-0.2, 0) is 24.0 Å². The number of hydroxylamine groups is 1. The van der Waals surface area contributed by atoms with E-state index in [2.05, 4.69) is 28.0 Å². The molecule has 2 aromatic heterocycles. The molecule has 6 rings (SSSR count). The van der Waals surface area contributed by atoms with Gasteiger partial charge in [0, 0.05) is 41.3 Å². The number of methoxy groups -OCH3 is 1. The number of alkyl carbamates (subject to hydrolysis) is 1. The fraction of sp³-hybridized carbons (Fsp3) is 0.561. The molecule has 4 N–H and O–H groups in total. The Labute approximate surface area is 337 Å². The summed E-state index contributed by atoms with van der Waals surface area (Å²) in [5.74, 6) is -0.762. The summed E-state index contributed by atoms with van der Waals surface area (Å²) in [5.41, 5.74) is 2.20. The average Bonchev–Trinajstić information content (AvgIpc) is 3.59. The minimum atomic E-state index is -1.29. The summed E-state index contributed by atoms with van der Waals surface area (Å²) in [7, 11) is 1.58. The van der Waals surface area contributed by atoms with Gasteiger partial charge in [-0.1, -0.05) is 26.8 Å². The number of nitrogens with zero attached hydrogens (tertiary/aromatic N) is 3. The van der Waals surface area contributed by atoms with Crippen molar-refractivity contribution in [2.45, 2.75) is 116 Å². The van der Waals surface area contributed by atoms with Crippen LogP contribution in [0, 0.1) is 11.3 Å². The fourth-order valence-corrected chi connectivity index (χ4v) is 8.33. The average molecular weight is 806 g/mol. The summed E-state index contributed by atoms with van der Waals surface area (Å²) < 4.78 is 18.0. The van der Waals surface area contributed by atoms with Crippen LogP contribution in [0.3, 0.4) is 0 Å². The Morgan fingerprint density at radius 1 is 1.09 bits per heavy atom. The zero-order valence-electron chi connectivity index (χ0n) is 33.8. The van der Waals surface area contributed by atoms with Gasteiger partial charge in [-0.15, -0.1) is 17.9 Å². The molecule has 3 aromatic rings. The number of aromatic nitrogens is 2. The molecule has 0 radical (unpaired) electrons. The molecule has 57 heavy (non-hydrogen) atoms. The Morgan fingerprint density at radius 3 is 2.49 bits per heavy atom. The molecule has 5 atom stereocenters. The van der Waals surface area contributed by atoms with Crippen LogP contribution in [0.25, 0.3) is 22.3 Å². The zero-order valence-corrected chi connectivity index (χ0v) is 34.6. The van der Waals surface area contributed by atoms with Crippen molar-refractivity contribution in [3.8, 4) is 22.9 Å². The van der Waals surface area contributed by atoms with Gasteiger partial charge in [-0.2, -0.15) is 0 Å². The lowest BCUT2D eigenvalue weighted by atomic mass is 9.85. The van der Waals surface area contributed by atoms with Crippen molar-refractivity contribution < 1.29 is 38.2 Å². The topological polar surface area (TPSA) is 182 Å². The van der Waals surface area contributed by atoms with Crippen molar-refractivity contribution in [1.82, 2.24) is 31.0 Å². The molecule has 0 bridgehead atoms. The Kier molecular flexibility index (Phi) is 12.6. The maximum atomic E-state index is 14.7.